The van der Waals surface area contributed by atoms with Crippen LogP contribution in [0.5, 0.6) is 0 Å². The van der Waals surface area contributed by atoms with Gasteiger partial charge < -0.3 is 5.11 Å². The summed E-state index contributed by atoms with van der Waals surface area (Å²) in [6.07, 6.45) is 0. The first-order valence-corrected chi connectivity index (χ1v) is 1.02. The molecule has 0 atom stereocenters. The van der Waals surface area contributed by atoms with Crippen molar-refractivity contribution in [3.63, 3.8) is 0 Å². The molecule has 0 bridgehead atoms. The minimum atomic E-state index is 0. The van der Waals surface area contributed by atoms with Gasteiger partial charge in [-0.3, -0.25) is 0 Å². The van der Waals surface area contributed by atoms with Crippen LogP contribution in [0.3, 0.4) is 0 Å². The molecule has 0 aliphatic carbocycles. The van der Waals surface area contributed by atoms with Crippen LogP contribution < -0.4 is 0 Å². The van der Waals surface area contributed by atoms with Gasteiger partial charge in [-0.1, -0.05) is 0 Å². The molecule has 0 heterocycles. The van der Waals surface area contributed by atoms with E-state index >= 15 is 0 Å². The quantitative estimate of drug-likeness (QED) is 0.628. The second-order valence-corrected chi connectivity index (χ2v) is 0.316. The molecule has 0 aromatic rings. The summed E-state index contributed by atoms with van der Waals surface area (Å²) in [5.74, 6) is 0. The molecule has 5 heavy (non-hydrogen) atoms. The van der Waals surface area contributed by atoms with Crippen molar-refractivity contribution in [3.05, 3.63) is 0 Å². The molecule has 3 radical (unpaired) electrons. The maximum Gasteiger partial charge on any atom is 0.0402 e. The zero-order valence-electron chi connectivity index (χ0n) is 3.05. The van der Waals surface area contributed by atoms with Crippen molar-refractivity contribution in [2.45, 2.75) is 6.92 Å². The largest absolute Gasteiger partial charge is 0.397 e. The monoisotopic (exact) mass is 356 g/mol. The van der Waals surface area contributed by atoms with E-state index in [4.69, 9.17) is 5.11 Å². The molecule has 0 spiro atoms. The Morgan fingerprint density at radius 1 is 1.60 bits per heavy atom. The summed E-state index contributed by atoms with van der Waals surface area (Å²) >= 11 is 0. The molecule has 0 aliphatic heterocycles. The van der Waals surface area contributed by atoms with Gasteiger partial charge in [-0.2, -0.15) is 0 Å². The van der Waals surface area contributed by atoms with Crippen LogP contribution in [0.15, 0.2) is 0 Å². The second kappa shape index (κ2) is 17.8. The summed E-state index contributed by atoms with van der Waals surface area (Å²) in [6.45, 7) is 1.93. The van der Waals surface area contributed by atoms with Gasteiger partial charge >= 0.3 is 0 Å². The molecule has 0 amide bonds. The van der Waals surface area contributed by atoms with Gasteiger partial charge in [0, 0.05) is 53.5 Å². The molecule has 33 valence electrons. The molecule has 0 rings (SSSR count). The number of aliphatic hydroxyl groups excluding tert-OH is 1. The molecule has 1 nitrogen and oxygen atoms in total. The van der Waals surface area contributed by atoms with Crippen molar-refractivity contribution in [3.8, 4) is 0 Å². The van der Waals surface area contributed by atoms with E-state index in [1.165, 1.54) is 0 Å². The summed E-state index contributed by atoms with van der Waals surface area (Å²) in [6, 6.07) is 0. The van der Waals surface area contributed by atoms with Gasteiger partial charge in [0.15, 0.2) is 0 Å². The van der Waals surface area contributed by atoms with Crippen LogP contribution >= 0.6 is 0 Å². The maximum atomic E-state index is 7.57. The first kappa shape index (κ1) is 16.0. The Labute approximate surface area is 65.2 Å². The van der Waals surface area contributed by atoms with E-state index < -0.39 is 0 Å². The summed E-state index contributed by atoms with van der Waals surface area (Å²) in [5, 5.41) is 7.57. The van der Waals surface area contributed by atoms with Crippen LogP contribution in [0.1, 0.15) is 6.92 Å². The van der Waals surface area contributed by atoms with Crippen molar-refractivity contribution in [2.75, 3.05) is 6.61 Å². The maximum absolute atomic E-state index is 7.57. The predicted octanol–water partition coefficient (Wildman–Crippen LogP) is -0.385. The number of rotatable bonds is 0. The Hall–Kier alpha value is 1.52. The molecule has 0 saturated carbocycles. The average molecular weight is 356 g/mol. The summed E-state index contributed by atoms with van der Waals surface area (Å²) in [5.41, 5.74) is 0. The van der Waals surface area contributed by atoms with Crippen molar-refractivity contribution in [1.82, 2.24) is 0 Å². The van der Waals surface area contributed by atoms with Crippen LogP contribution in [-0.4, -0.2) is 37.6 Å². The van der Waals surface area contributed by atoms with Gasteiger partial charge in [-0.05, 0) is 6.92 Å². The van der Waals surface area contributed by atoms with Crippen molar-refractivity contribution in [2.24, 2.45) is 0 Å². The zero-order chi connectivity index (χ0) is 2.71. The van der Waals surface area contributed by atoms with Crippen molar-refractivity contribution >= 4 is 25.8 Å². The Balaban J connectivity index is -0.0000000200. The minimum absolute atomic E-state index is 0. The van der Waals surface area contributed by atoms with Crippen LogP contribution in [0, 0.1) is 0 Å². The van der Waals surface area contributed by atoms with Crippen LogP contribution in [-0.2, 0) is 21.1 Å². The molecule has 0 aliphatic rings. The fourth-order valence-corrected chi connectivity index (χ4v) is 0. The molecule has 3 heteroatoms. The molecule has 0 aromatic heterocycles. The molecule has 0 saturated heterocycles. The molecule has 0 fully saturated rings. The third-order valence-corrected chi connectivity index (χ3v) is 0. The van der Waals surface area contributed by atoms with E-state index in [0.29, 0.717) is 0 Å². The molecule has 0 unspecified atom stereocenters. The topological polar surface area (TPSA) is 20.2 Å². The Morgan fingerprint density at radius 2 is 1.60 bits per heavy atom. The standard InChI is InChI=1S/C2H6O.In.Pt/c1-2-3;;/h3H,2H2,1H3;;. The first-order chi connectivity index (χ1) is 1.41. The summed E-state index contributed by atoms with van der Waals surface area (Å²) in [7, 11) is 0. The minimum Gasteiger partial charge on any atom is -0.397 e. The molecular weight excluding hydrogens is 350 g/mol. The normalized spacial score (nSPS) is 3.60. The third-order valence-electron chi connectivity index (χ3n) is 0. The van der Waals surface area contributed by atoms with E-state index in [9.17, 15) is 0 Å². The average Bonchev–Trinajstić information content (AvgIpc) is 0.918. The van der Waals surface area contributed by atoms with Crippen LogP contribution in [0.4, 0.5) is 0 Å². The second-order valence-electron chi connectivity index (χ2n) is 0.316. The molecule has 0 aromatic carbocycles. The number of hydrogen-bond acceptors (Lipinski definition) is 1. The number of hydrogen-bond donors (Lipinski definition) is 1. The van der Waals surface area contributed by atoms with Gasteiger partial charge in [0.25, 0.3) is 0 Å². The third kappa shape index (κ3) is 29.6. The van der Waals surface area contributed by atoms with Crippen LogP contribution in [0.2, 0.25) is 0 Å². The smallest absolute Gasteiger partial charge is 0.0402 e. The van der Waals surface area contributed by atoms with E-state index in [-0.39, 0.29) is 53.5 Å². The number of aliphatic hydroxyl groups is 1. The fraction of sp³-hybridized carbons (Fsp3) is 1.00. The van der Waals surface area contributed by atoms with Gasteiger partial charge in [0.2, 0.25) is 0 Å². The van der Waals surface area contributed by atoms with E-state index in [1.54, 1.807) is 6.92 Å². The van der Waals surface area contributed by atoms with Gasteiger partial charge in [-0.15, -0.1) is 0 Å². The summed E-state index contributed by atoms with van der Waals surface area (Å²) in [4.78, 5) is 0. The Bertz CT molecular complexity index is 9.61. The Morgan fingerprint density at radius 3 is 1.60 bits per heavy atom. The van der Waals surface area contributed by atoms with Gasteiger partial charge in [0.1, 0.15) is 0 Å². The molecule has 1 N–H and O–H groups in total. The SMILES string of the molecule is CCO.[In].[Pt]. The Kier molecular flexibility index (Phi) is 57.0. The van der Waals surface area contributed by atoms with Gasteiger partial charge in [0.05, 0.1) is 0 Å². The van der Waals surface area contributed by atoms with E-state index in [1.807, 2.05) is 0 Å². The van der Waals surface area contributed by atoms with Crippen LogP contribution in [0.25, 0.3) is 0 Å². The first-order valence-electron chi connectivity index (χ1n) is 1.02. The van der Waals surface area contributed by atoms with Crippen molar-refractivity contribution in [1.29, 1.82) is 0 Å². The predicted molar refractivity (Wildman–Crippen MR) is 18.5 cm³/mol. The fourth-order valence-electron chi connectivity index (χ4n) is 0. The zero-order valence-corrected chi connectivity index (χ0v) is 8.62. The summed E-state index contributed by atoms with van der Waals surface area (Å²) < 4.78 is 0. The van der Waals surface area contributed by atoms with Gasteiger partial charge in [-0.25, -0.2) is 0 Å². The van der Waals surface area contributed by atoms with E-state index in [0.717, 1.165) is 0 Å². The van der Waals surface area contributed by atoms with E-state index in [2.05, 4.69) is 0 Å². The van der Waals surface area contributed by atoms with Crippen molar-refractivity contribution < 1.29 is 26.2 Å². The molecular formula is C2H6InOPt.